The molecule has 0 aliphatic carbocycles. The van der Waals surface area contributed by atoms with Gasteiger partial charge in [-0.15, -0.1) is 0 Å². The number of aliphatic imine (C=N–C) groups is 1. The average molecular weight is 276 g/mol. The molecule has 0 radical (unpaired) electrons. The van der Waals surface area contributed by atoms with E-state index in [2.05, 4.69) is 9.98 Å². The normalized spacial score (nSPS) is 12.4. The Morgan fingerprint density at radius 1 is 1.32 bits per heavy atom. The van der Waals surface area contributed by atoms with Crippen LogP contribution in [0.1, 0.15) is 15.9 Å². The molecule has 2 aromatic rings. The number of Topliss-reactive ketones (excluding diaryl/α,β-unsaturated/α-hetero) is 1. The first-order chi connectivity index (χ1) is 9.06. The van der Waals surface area contributed by atoms with Gasteiger partial charge in [0.25, 0.3) is 0 Å². The van der Waals surface area contributed by atoms with Crippen LogP contribution in [-0.4, -0.2) is 16.5 Å². The number of nitrogens with zero attached hydrogens (tertiary/aromatic N) is 2. The predicted octanol–water partition coefficient (Wildman–Crippen LogP) is 2.77. The Bertz CT molecular complexity index is 743. The Kier molecular flexibility index (Phi) is 2.57. The summed E-state index contributed by atoms with van der Waals surface area (Å²) >= 11 is 5.80. The molecule has 94 valence electrons. The Morgan fingerprint density at radius 3 is 2.89 bits per heavy atom. The number of ketones is 1. The van der Waals surface area contributed by atoms with Crippen LogP contribution < -0.4 is 5.73 Å². The van der Waals surface area contributed by atoms with E-state index in [1.54, 1.807) is 6.07 Å². The van der Waals surface area contributed by atoms with Gasteiger partial charge in [-0.25, -0.2) is 14.4 Å². The summed E-state index contributed by atoms with van der Waals surface area (Å²) in [5, 5.41) is 0.395. The Labute approximate surface area is 112 Å². The van der Waals surface area contributed by atoms with E-state index < -0.39 is 11.6 Å². The Balaban J connectivity index is 2.01. The van der Waals surface area contributed by atoms with Gasteiger partial charge in [0, 0.05) is 11.9 Å². The molecule has 1 aromatic heterocycles. The van der Waals surface area contributed by atoms with Crippen molar-refractivity contribution >= 4 is 34.6 Å². The quantitative estimate of drug-likeness (QED) is 0.677. The molecule has 2 heterocycles. The average Bonchev–Trinajstić information content (AvgIpc) is 2.36. The fourth-order valence-corrected chi connectivity index (χ4v) is 1.98. The van der Waals surface area contributed by atoms with Gasteiger partial charge in [-0.3, -0.25) is 4.79 Å². The third-order valence-corrected chi connectivity index (χ3v) is 2.96. The first kappa shape index (κ1) is 11.8. The number of hydrogen-bond donors (Lipinski definition) is 1. The van der Waals surface area contributed by atoms with Crippen LogP contribution in [0.3, 0.4) is 0 Å². The van der Waals surface area contributed by atoms with Crippen LogP contribution in [0.2, 0.25) is 5.02 Å². The van der Waals surface area contributed by atoms with Gasteiger partial charge in [0.05, 0.1) is 16.1 Å². The molecule has 1 aliphatic rings. The number of benzene rings is 1. The van der Waals surface area contributed by atoms with Gasteiger partial charge < -0.3 is 5.73 Å². The fraction of sp³-hybridized carbons (Fsp3) is 0. The van der Waals surface area contributed by atoms with Crippen molar-refractivity contribution in [2.45, 2.75) is 0 Å². The number of carbonyl (C=O) groups excluding carboxylic acids is 1. The summed E-state index contributed by atoms with van der Waals surface area (Å²) in [6.45, 7) is 0. The number of rotatable bonds is 2. The molecule has 1 aromatic carbocycles. The maximum atomic E-state index is 13.6. The zero-order valence-corrected chi connectivity index (χ0v) is 10.3. The van der Waals surface area contributed by atoms with E-state index in [9.17, 15) is 9.18 Å². The second kappa shape index (κ2) is 4.13. The highest BCUT2D eigenvalue weighted by atomic mass is 35.5. The molecule has 0 unspecified atom stereocenters. The highest BCUT2D eigenvalue weighted by Crippen LogP contribution is 2.31. The summed E-state index contributed by atoms with van der Waals surface area (Å²) in [4.78, 5) is 20.1. The molecule has 0 atom stereocenters. The van der Waals surface area contributed by atoms with Gasteiger partial charge in [-0.05, 0) is 24.3 Å². The van der Waals surface area contributed by atoms with Crippen molar-refractivity contribution in [1.29, 1.82) is 0 Å². The molecule has 0 spiro atoms. The summed E-state index contributed by atoms with van der Waals surface area (Å²) in [5.74, 6) is -0.733. The third kappa shape index (κ3) is 1.88. The van der Waals surface area contributed by atoms with E-state index in [1.807, 2.05) is 0 Å². The van der Waals surface area contributed by atoms with E-state index in [-0.39, 0.29) is 11.3 Å². The van der Waals surface area contributed by atoms with Crippen LogP contribution >= 0.6 is 11.6 Å². The number of anilines is 1. The van der Waals surface area contributed by atoms with Gasteiger partial charge in [-0.1, -0.05) is 11.6 Å². The topological polar surface area (TPSA) is 68.3 Å². The molecule has 0 bridgehead atoms. The van der Waals surface area contributed by atoms with Gasteiger partial charge in [0.1, 0.15) is 11.5 Å². The lowest BCUT2D eigenvalue weighted by Gasteiger charge is -2.16. The number of halogens is 2. The molecule has 0 amide bonds. The molecule has 6 heteroatoms. The minimum Gasteiger partial charge on any atom is -0.399 e. The van der Waals surface area contributed by atoms with Crippen LogP contribution in [0, 0.1) is 5.82 Å². The highest BCUT2D eigenvalue weighted by molar-refractivity contribution is 6.55. The standard InChI is InChI=1S/C13H7ClFN3O/c14-6-3-9-11(18-13(9)17-5-6)12(19)8-4-7(16)1-2-10(8)15/h1-5H,16H2. The van der Waals surface area contributed by atoms with E-state index in [0.29, 0.717) is 22.1 Å². The largest absolute Gasteiger partial charge is 0.399 e. The minimum absolute atomic E-state index is 0.107. The first-order valence-electron chi connectivity index (χ1n) is 5.40. The number of nitrogen functional groups attached to an aromatic ring is 1. The maximum absolute atomic E-state index is 13.6. The second-order valence-electron chi connectivity index (χ2n) is 4.05. The molecule has 1 aliphatic heterocycles. The lowest BCUT2D eigenvalue weighted by molar-refractivity contribution is 0.106. The van der Waals surface area contributed by atoms with Crippen LogP contribution in [0.25, 0.3) is 0 Å². The summed E-state index contributed by atoms with van der Waals surface area (Å²) < 4.78 is 13.6. The highest BCUT2D eigenvalue weighted by Gasteiger charge is 2.29. The number of nitrogens with two attached hydrogens (primary N) is 1. The van der Waals surface area contributed by atoms with Crippen LogP contribution in [0.5, 0.6) is 0 Å². The lowest BCUT2D eigenvalue weighted by Crippen LogP contribution is -2.23. The molecule has 3 rings (SSSR count). The third-order valence-electron chi connectivity index (χ3n) is 2.76. The predicted molar refractivity (Wildman–Crippen MR) is 70.6 cm³/mol. The van der Waals surface area contributed by atoms with Gasteiger partial charge in [0.2, 0.25) is 5.78 Å². The number of aromatic nitrogens is 1. The van der Waals surface area contributed by atoms with Crippen molar-refractivity contribution in [3.05, 3.63) is 52.4 Å². The number of hydrogen-bond acceptors (Lipinski definition) is 4. The summed E-state index contributed by atoms with van der Waals surface area (Å²) in [6, 6.07) is 5.41. The van der Waals surface area contributed by atoms with Crippen molar-refractivity contribution in [2.24, 2.45) is 4.99 Å². The van der Waals surface area contributed by atoms with E-state index in [1.165, 1.54) is 18.3 Å². The smallest absolute Gasteiger partial charge is 0.215 e. The van der Waals surface area contributed by atoms with Gasteiger partial charge in [-0.2, -0.15) is 0 Å². The molecular formula is C13H7ClFN3O. The number of pyridine rings is 1. The summed E-state index contributed by atoms with van der Waals surface area (Å²) in [7, 11) is 0. The van der Waals surface area contributed by atoms with Crippen LogP contribution in [0.15, 0.2) is 35.5 Å². The Morgan fingerprint density at radius 2 is 2.11 bits per heavy atom. The van der Waals surface area contributed by atoms with Crippen molar-refractivity contribution in [2.75, 3.05) is 5.73 Å². The van der Waals surface area contributed by atoms with Crippen molar-refractivity contribution in [3.63, 3.8) is 0 Å². The molecule has 0 saturated carbocycles. The molecule has 19 heavy (non-hydrogen) atoms. The van der Waals surface area contributed by atoms with Crippen molar-refractivity contribution in [3.8, 4) is 0 Å². The molecular weight excluding hydrogens is 269 g/mol. The monoisotopic (exact) mass is 275 g/mol. The number of fused-ring (bicyclic) bond motifs is 1. The van der Waals surface area contributed by atoms with Gasteiger partial charge in [0.15, 0.2) is 5.82 Å². The second-order valence-corrected chi connectivity index (χ2v) is 4.49. The van der Waals surface area contributed by atoms with E-state index >= 15 is 0 Å². The van der Waals surface area contributed by atoms with Crippen molar-refractivity contribution in [1.82, 2.24) is 4.98 Å². The maximum Gasteiger partial charge on any atom is 0.215 e. The lowest BCUT2D eigenvalue weighted by atomic mass is 9.97. The minimum atomic E-state index is -0.634. The molecule has 4 nitrogen and oxygen atoms in total. The summed E-state index contributed by atoms with van der Waals surface area (Å²) in [6.07, 6.45) is 1.44. The fourth-order valence-electron chi connectivity index (χ4n) is 1.83. The molecule has 2 N–H and O–H groups in total. The van der Waals surface area contributed by atoms with Crippen molar-refractivity contribution < 1.29 is 9.18 Å². The first-order valence-corrected chi connectivity index (χ1v) is 5.78. The Hall–Kier alpha value is -2.27. The van der Waals surface area contributed by atoms with Crippen LogP contribution in [-0.2, 0) is 0 Å². The molecule has 0 saturated heterocycles. The van der Waals surface area contributed by atoms with Crippen LogP contribution in [0.4, 0.5) is 15.9 Å². The van der Waals surface area contributed by atoms with E-state index in [4.69, 9.17) is 17.3 Å². The zero-order chi connectivity index (χ0) is 13.6. The number of carbonyl (C=O) groups is 1. The molecule has 0 fully saturated rings. The van der Waals surface area contributed by atoms with E-state index in [0.717, 1.165) is 6.07 Å². The SMILES string of the molecule is Nc1ccc(F)c(C(=O)C2=Nc3ncc(Cl)cc32)c1. The zero-order valence-electron chi connectivity index (χ0n) is 9.52. The summed E-state index contributed by atoms with van der Waals surface area (Å²) in [5.41, 5.74) is 6.43. The van der Waals surface area contributed by atoms with Gasteiger partial charge >= 0.3 is 0 Å².